The summed E-state index contributed by atoms with van der Waals surface area (Å²) in [6.45, 7) is 5.89. The van der Waals surface area contributed by atoms with Crippen LogP contribution in [0.25, 0.3) is 0 Å². The maximum atomic E-state index is 12.6. The molecule has 148 valence electrons. The zero-order valence-corrected chi connectivity index (χ0v) is 17.1. The average Bonchev–Trinajstić information content (AvgIpc) is 3.11. The van der Waals surface area contributed by atoms with Crippen molar-refractivity contribution >= 4 is 11.3 Å². The quantitative estimate of drug-likeness (QED) is 0.668. The minimum Gasteiger partial charge on any atom is -0.507 e. The molecule has 0 bridgehead atoms. The van der Waals surface area contributed by atoms with Gasteiger partial charge in [-0.2, -0.15) is 0 Å². The molecule has 1 saturated heterocycles. The Morgan fingerprint density at radius 1 is 1.22 bits per heavy atom. The van der Waals surface area contributed by atoms with Gasteiger partial charge in [0.2, 0.25) is 0 Å². The molecule has 1 unspecified atom stereocenters. The second kappa shape index (κ2) is 9.56. The van der Waals surface area contributed by atoms with Crippen molar-refractivity contribution in [2.45, 2.75) is 64.7 Å². The highest BCUT2D eigenvalue weighted by Gasteiger charge is 2.23. The van der Waals surface area contributed by atoms with Crippen LogP contribution in [0.15, 0.2) is 27.4 Å². The highest BCUT2D eigenvalue weighted by atomic mass is 32.1. The van der Waals surface area contributed by atoms with E-state index >= 15 is 0 Å². The molecule has 2 aromatic heterocycles. The fourth-order valence-corrected chi connectivity index (χ4v) is 4.96. The summed E-state index contributed by atoms with van der Waals surface area (Å²) in [5.74, 6) is 1.45. The van der Waals surface area contributed by atoms with Gasteiger partial charge in [-0.3, -0.25) is 0 Å². The lowest BCUT2D eigenvalue weighted by Crippen LogP contribution is -2.19. The Morgan fingerprint density at radius 2 is 1.96 bits per heavy atom. The SMILES string of the molecule is CCCc1ccc(Cc2c(O)cc(C(CC)CC3CCOCC3)oc2=O)s1. The van der Waals surface area contributed by atoms with Gasteiger partial charge in [0.1, 0.15) is 11.5 Å². The summed E-state index contributed by atoms with van der Waals surface area (Å²) in [6, 6.07) is 5.82. The largest absolute Gasteiger partial charge is 0.507 e. The van der Waals surface area contributed by atoms with Gasteiger partial charge in [-0.05, 0) is 50.2 Å². The number of ether oxygens (including phenoxy) is 1. The fourth-order valence-electron chi connectivity index (χ4n) is 3.83. The lowest BCUT2D eigenvalue weighted by Gasteiger charge is -2.25. The molecule has 0 amide bonds. The first-order valence-corrected chi connectivity index (χ1v) is 10.9. The second-order valence-corrected chi connectivity index (χ2v) is 8.74. The molecule has 0 aliphatic carbocycles. The van der Waals surface area contributed by atoms with Crippen molar-refractivity contribution in [3.05, 3.63) is 49.7 Å². The standard InChI is InChI=1S/C22H30O4S/c1-3-5-17-6-7-18(27-17)13-19-20(23)14-21(26-22(19)24)16(4-2)12-15-8-10-25-11-9-15/h6-7,14-16,23H,3-5,8-13H2,1-2H3. The summed E-state index contributed by atoms with van der Waals surface area (Å²) in [5, 5.41) is 10.5. The first kappa shape index (κ1) is 20.2. The minimum atomic E-state index is -0.402. The highest BCUT2D eigenvalue weighted by molar-refractivity contribution is 7.12. The van der Waals surface area contributed by atoms with E-state index in [1.165, 1.54) is 4.88 Å². The van der Waals surface area contributed by atoms with Gasteiger partial charge in [-0.15, -0.1) is 11.3 Å². The van der Waals surface area contributed by atoms with Gasteiger partial charge in [-0.25, -0.2) is 4.79 Å². The number of aromatic hydroxyl groups is 1. The molecule has 5 heteroatoms. The lowest BCUT2D eigenvalue weighted by molar-refractivity contribution is 0.0606. The molecule has 1 aliphatic rings. The molecule has 0 radical (unpaired) electrons. The molecule has 1 atom stereocenters. The monoisotopic (exact) mass is 390 g/mol. The van der Waals surface area contributed by atoms with Crippen molar-refractivity contribution in [3.63, 3.8) is 0 Å². The Balaban J connectivity index is 1.75. The van der Waals surface area contributed by atoms with E-state index in [9.17, 15) is 9.90 Å². The normalized spacial score (nSPS) is 16.5. The van der Waals surface area contributed by atoms with Crippen LogP contribution in [0.2, 0.25) is 0 Å². The Kier molecular flexibility index (Phi) is 7.13. The third-order valence-corrected chi connectivity index (χ3v) is 6.61. The molecule has 1 aliphatic heterocycles. The molecule has 27 heavy (non-hydrogen) atoms. The zero-order valence-electron chi connectivity index (χ0n) is 16.3. The Hall–Kier alpha value is -1.59. The van der Waals surface area contributed by atoms with Crippen molar-refractivity contribution in [3.8, 4) is 5.75 Å². The smallest absolute Gasteiger partial charge is 0.343 e. The van der Waals surface area contributed by atoms with Crippen LogP contribution in [-0.4, -0.2) is 18.3 Å². The van der Waals surface area contributed by atoms with E-state index in [4.69, 9.17) is 9.15 Å². The van der Waals surface area contributed by atoms with E-state index in [1.807, 2.05) is 6.07 Å². The number of aryl methyl sites for hydroxylation is 1. The zero-order chi connectivity index (χ0) is 19.2. The van der Waals surface area contributed by atoms with Crippen LogP contribution in [0.1, 0.15) is 72.9 Å². The predicted molar refractivity (Wildman–Crippen MR) is 109 cm³/mol. The molecule has 0 aromatic carbocycles. The van der Waals surface area contributed by atoms with Gasteiger partial charge in [0.25, 0.3) is 0 Å². The van der Waals surface area contributed by atoms with Crippen molar-refractivity contribution in [1.29, 1.82) is 0 Å². The van der Waals surface area contributed by atoms with Gasteiger partial charge in [0.15, 0.2) is 0 Å². The molecule has 3 heterocycles. The van der Waals surface area contributed by atoms with Crippen molar-refractivity contribution in [1.82, 2.24) is 0 Å². The minimum absolute atomic E-state index is 0.0668. The molecule has 3 rings (SSSR count). The van der Waals surface area contributed by atoms with Crippen LogP contribution in [0.3, 0.4) is 0 Å². The summed E-state index contributed by atoms with van der Waals surface area (Å²) in [5.41, 5.74) is -0.0366. The van der Waals surface area contributed by atoms with E-state index in [0.717, 1.165) is 56.6 Å². The van der Waals surface area contributed by atoms with Crippen LogP contribution in [-0.2, 0) is 17.6 Å². The molecule has 4 nitrogen and oxygen atoms in total. The maximum Gasteiger partial charge on any atom is 0.343 e. The van der Waals surface area contributed by atoms with Crippen LogP contribution in [0.4, 0.5) is 0 Å². The van der Waals surface area contributed by atoms with Crippen LogP contribution < -0.4 is 5.63 Å². The van der Waals surface area contributed by atoms with Gasteiger partial charge in [0.05, 0.1) is 5.56 Å². The van der Waals surface area contributed by atoms with E-state index in [1.54, 1.807) is 17.4 Å². The molecule has 0 spiro atoms. The molecule has 1 N–H and O–H groups in total. The molecule has 0 saturated carbocycles. The lowest BCUT2D eigenvalue weighted by atomic mass is 9.86. The average molecular weight is 391 g/mol. The van der Waals surface area contributed by atoms with E-state index < -0.39 is 5.63 Å². The van der Waals surface area contributed by atoms with E-state index in [-0.39, 0.29) is 11.7 Å². The van der Waals surface area contributed by atoms with Gasteiger partial charge < -0.3 is 14.3 Å². The fraction of sp³-hybridized carbons (Fsp3) is 0.591. The van der Waals surface area contributed by atoms with Gasteiger partial charge >= 0.3 is 5.63 Å². The van der Waals surface area contributed by atoms with Gasteiger partial charge in [0, 0.05) is 41.4 Å². The predicted octanol–water partition coefficient (Wildman–Crippen LogP) is 5.26. The van der Waals surface area contributed by atoms with E-state index in [0.29, 0.717) is 23.7 Å². The molecule has 1 fully saturated rings. The summed E-state index contributed by atoms with van der Waals surface area (Å²) in [7, 11) is 0. The van der Waals surface area contributed by atoms with Crippen molar-refractivity contribution < 1.29 is 14.3 Å². The van der Waals surface area contributed by atoms with Crippen LogP contribution in [0.5, 0.6) is 5.75 Å². The summed E-state index contributed by atoms with van der Waals surface area (Å²) >= 11 is 1.70. The first-order chi connectivity index (χ1) is 13.1. The summed E-state index contributed by atoms with van der Waals surface area (Å²) in [6.07, 6.45) is 6.57. The Bertz CT molecular complexity index is 786. The maximum absolute atomic E-state index is 12.6. The second-order valence-electron chi connectivity index (χ2n) is 7.49. The topological polar surface area (TPSA) is 59.7 Å². The Morgan fingerprint density at radius 3 is 2.63 bits per heavy atom. The van der Waals surface area contributed by atoms with Crippen molar-refractivity contribution in [2.24, 2.45) is 5.92 Å². The first-order valence-electron chi connectivity index (χ1n) is 10.1. The number of rotatable bonds is 8. The Labute approximate surface area is 165 Å². The highest BCUT2D eigenvalue weighted by Crippen LogP contribution is 2.33. The molecule has 2 aromatic rings. The van der Waals surface area contributed by atoms with Crippen molar-refractivity contribution in [2.75, 3.05) is 13.2 Å². The third-order valence-electron chi connectivity index (χ3n) is 5.46. The number of hydrogen-bond acceptors (Lipinski definition) is 5. The summed E-state index contributed by atoms with van der Waals surface area (Å²) < 4.78 is 11.1. The molecular weight excluding hydrogens is 360 g/mol. The summed E-state index contributed by atoms with van der Waals surface area (Å²) in [4.78, 5) is 15.0. The molecular formula is C22H30O4S. The number of thiophene rings is 1. The van der Waals surface area contributed by atoms with Crippen LogP contribution >= 0.6 is 11.3 Å². The van der Waals surface area contributed by atoms with E-state index in [2.05, 4.69) is 19.9 Å². The van der Waals surface area contributed by atoms with Crippen LogP contribution in [0, 0.1) is 5.92 Å². The number of hydrogen-bond donors (Lipinski definition) is 1. The third kappa shape index (κ3) is 5.23. The van der Waals surface area contributed by atoms with Gasteiger partial charge in [-0.1, -0.05) is 20.3 Å².